The zero-order chi connectivity index (χ0) is 9.84. The van der Waals surface area contributed by atoms with Gasteiger partial charge in [0.05, 0.1) is 0 Å². The maximum Gasteiger partial charge on any atom is 0.364 e. The van der Waals surface area contributed by atoms with E-state index in [4.69, 9.17) is 0 Å². The predicted octanol–water partition coefficient (Wildman–Crippen LogP) is 1.28. The van der Waals surface area contributed by atoms with E-state index in [0.29, 0.717) is 0 Å². The molecular formula is C8H7F3NO+. The Bertz CT molecular complexity index is 289. The van der Waals surface area contributed by atoms with Gasteiger partial charge in [0.25, 0.3) is 5.78 Å². The van der Waals surface area contributed by atoms with Gasteiger partial charge in [0, 0.05) is 12.1 Å². The first-order valence-electron chi connectivity index (χ1n) is 3.54. The molecule has 0 aromatic carbocycles. The molecule has 0 spiro atoms. The smallest absolute Gasteiger partial charge is 0.282 e. The number of Topliss-reactive ketones (excluding diaryl/α,β-unsaturated/α-hetero) is 1. The molecule has 2 nitrogen and oxygen atoms in total. The van der Waals surface area contributed by atoms with Crippen LogP contribution in [0.25, 0.3) is 0 Å². The molecule has 0 radical (unpaired) electrons. The molecule has 1 heterocycles. The van der Waals surface area contributed by atoms with Crippen molar-refractivity contribution in [2.75, 3.05) is 0 Å². The van der Waals surface area contributed by atoms with Gasteiger partial charge in [0.15, 0.2) is 12.4 Å². The third-order valence-corrected chi connectivity index (χ3v) is 1.45. The summed E-state index contributed by atoms with van der Waals surface area (Å²) in [6.07, 6.45) is -3.15. The first-order valence-corrected chi connectivity index (χ1v) is 3.54. The van der Waals surface area contributed by atoms with Crippen LogP contribution in [-0.4, -0.2) is 12.2 Å². The lowest BCUT2D eigenvalue weighted by atomic mass is 10.3. The van der Waals surface area contributed by atoms with Crippen molar-refractivity contribution in [3.05, 3.63) is 30.6 Å². The minimum atomic E-state index is -3.28. The summed E-state index contributed by atoms with van der Waals surface area (Å²) >= 11 is 0. The van der Waals surface area contributed by atoms with Crippen molar-refractivity contribution < 1.29 is 22.5 Å². The number of nitrogens with zero attached hydrogens (tertiary/aromatic N) is 1. The molecule has 13 heavy (non-hydrogen) atoms. The number of carbonyl (C=O) groups is 1. The summed E-state index contributed by atoms with van der Waals surface area (Å²) in [5.41, 5.74) is 0. The highest BCUT2D eigenvalue weighted by molar-refractivity contribution is 5.82. The van der Waals surface area contributed by atoms with Gasteiger partial charge < -0.3 is 0 Å². The number of rotatable bonds is 3. The lowest BCUT2D eigenvalue weighted by molar-refractivity contribution is -0.732. The van der Waals surface area contributed by atoms with Gasteiger partial charge in [-0.05, 0) is 0 Å². The number of ketones is 1. The van der Waals surface area contributed by atoms with Gasteiger partial charge in [-0.1, -0.05) is 6.07 Å². The summed E-state index contributed by atoms with van der Waals surface area (Å²) < 4.78 is 37.2. The van der Waals surface area contributed by atoms with Gasteiger partial charge in [0.2, 0.25) is 0 Å². The Hall–Kier alpha value is -1.39. The molecule has 0 aliphatic carbocycles. The summed E-state index contributed by atoms with van der Waals surface area (Å²) in [4.78, 5) is 10.5. The molecular weight excluding hydrogens is 183 g/mol. The average molecular weight is 190 g/mol. The van der Waals surface area contributed by atoms with Gasteiger partial charge in [-0.25, -0.2) is 8.78 Å². The topological polar surface area (TPSA) is 20.9 Å². The summed E-state index contributed by atoms with van der Waals surface area (Å²) in [6.45, 7) is 0. The van der Waals surface area contributed by atoms with Crippen LogP contribution in [0.4, 0.5) is 13.2 Å². The fraction of sp³-hybridized carbons (Fsp3) is 0.250. The third kappa shape index (κ3) is 2.27. The standard InChI is InChI=1S/C8H7F3NO/c9-7(10)6(13)8(11)12-4-2-1-3-5-12/h1-5,7-8H/q+1. The van der Waals surface area contributed by atoms with Crippen molar-refractivity contribution in [2.45, 2.75) is 12.7 Å². The van der Waals surface area contributed by atoms with E-state index in [2.05, 4.69) is 0 Å². The van der Waals surface area contributed by atoms with Gasteiger partial charge in [0.1, 0.15) is 0 Å². The zero-order valence-corrected chi connectivity index (χ0v) is 6.53. The Morgan fingerprint density at radius 2 is 1.62 bits per heavy atom. The molecule has 5 heteroatoms. The van der Waals surface area contributed by atoms with Crippen LogP contribution < -0.4 is 4.57 Å². The second-order valence-electron chi connectivity index (χ2n) is 2.36. The fourth-order valence-electron chi connectivity index (χ4n) is 0.814. The first-order chi connectivity index (χ1) is 6.13. The molecule has 1 rings (SSSR count). The van der Waals surface area contributed by atoms with Crippen LogP contribution in [0, 0.1) is 0 Å². The largest absolute Gasteiger partial charge is 0.364 e. The lowest BCUT2D eigenvalue weighted by Gasteiger charge is -2.00. The summed E-state index contributed by atoms with van der Waals surface area (Å²) in [7, 11) is 0. The van der Waals surface area contributed by atoms with Crippen LogP contribution >= 0.6 is 0 Å². The van der Waals surface area contributed by atoms with Gasteiger partial charge in [-0.3, -0.25) is 4.79 Å². The molecule has 0 saturated carbocycles. The molecule has 1 atom stereocenters. The molecule has 0 saturated heterocycles. The van der Waals surface area contributed by atoms with E-state index in [-0.39, 0.29) is 0 Å². The molecule has 1 unspecified atom stereocenters. The highest BCUT2D eigenvalue weighted by atomic mass is 19.3. The molecule has 0 fully saturated rings. The van der Waals surface area contributed by atoms with Crippen molar-refractivity contribution >= 4 is 5.78 Å². The van der Waals surface area contributed by atoms with Crippen molar-refractivity contribution in [3.63, 3.8) is 0 Å². The Morgan fingerprint density at radius 1 is 1.08 bits per heavy atom. The molecule has 0 bridgehead atoms. The SMILES string of the molecule is O=C(C(F)F)C(F)[n+]1ccccc1. The molecule has 70 valence electrons. The van der Waals surface area contributed by atoms with Gasteiger partial charge >= 0.3 is 12.7 Å². The average Bonchev–Trinajstić information content (AvgIpc) is 2.17. The molecule has 0 N–H and O–H groups in total. The van der Waals surface area contributed by atoms with E-state index in [1.807, 2.05) is 0 Å². The first kappa shape index (κ1) is 9.70. The molecule has 0 aliphatic heterocycles. The second kappa shape index (κ2) is 4.02. The monoisotopic (exact) mass is 190 g/mol. The van der Waals surface area contributed by atoms with E-state index in [0.717, 1.165) is 4.57 Å². The number of pyridine rings is 1. The van der Waals surface area contributed by atoms with Crippen LogP contribution in [0.1, 0.15) is 6.30 Å². The Kier molecular flexibility index (Phi) is 3.00. The maximum atomic E-state index is 12.9. The van der Waals surface area contributed by atoms with Crippen LogP contribution in [0.2, 0.25) is 0 Å². The van der Waals surface area contributed by atoms with E-state index in [1.165, 1.54) is 24.5 Å². The molecule has 0 aliphatic rings. The van der Waals surface area contributed by atoms with Crippen molar-refractivity contribution in [2.24, 2.45) is 0 Å². The molecule has 1 aromatic heterocycles. The Morgan fingerprint density at radius 3 is 2.08 bits per heavy atom. The van der Waals surface area contributed by atoms with Crippen LogP contribution in [-0.2, 0) is 4.79 Å². The number of hydrogen-bond acceptors (Lipinski definition) is 1. The number of carbonyl (C=O) groups excluding carboxylic acids is 1. The number of aromatic nitrogens is 1. The van der Waals surface area contributed by atoms with Crippen LogP contribution in [0.3, 0.4) is 0 Å². The zero-order valence-electron chi connectivity index (χ0n) is 6.53. The highest BCUT2D eigenvalue weighted by Gasteiger charge is 2.33. The summed E-state index contributed by atoms with van der Waals surface area (Å²) in [5.74, 6) is -1.73. The normalized spacial score (nSPS) is 12.9. The number of alkyl halides is 3. The van der Waals surface area contributed by atoms with Gasteiger partial charge in [-0.15, -0.1) is 0 Å². The summed E-state index contributed by atoms with van der Waals surface area (Å²) in [6, 6.07) is 4.49. The Labute approximate surface area is 72.6 Å². The van der Waals surface area contributed by atoms with Crippen molar-refractivity contribution in [1.82, 2.24) is 0 Å². The predicted molar refractivity (Wildman–Crippen MR) is 37.8 cm³/mol. The third-order valence-electron chi connectivity index (χ3n) is 1.45. The Balaban J connectivity index is 2.80. The van der Waals surface area contributed by atoms with Crippen molar-refractivity contribution in [1.29, 1.82) is 0 Å². The van der Waals surface area contributed by atoms with Crippen LogP contribution in [0.5, 0.6) is 0 Å². The van der Waals surface area contributed by atoms with Crippen molar-refractivity contribution in [3.8, 4) is 0 Å². The quantitative estimate of drug-likeness (QED) is 0.657. The number of halogens is 3. The van der Waals surface area contributed by atoms with E-state index >= 15 is 0 Å². The minimum Gasteiger partial charge on any atom is -0.282 e. The molecule has 0 amide bonds. The lowest BCUT2D eigenvalue weighted by Crippen LogP contribution is -2.42. The molecule has 1 aromatic rings. The summed E-state index contributed by atoms with van der Waals surface area (Å²) in [5, 5.41) is 0. The van der Waals surface area contributed by atoms with Gasteiger partial charge in [-0.2, -0.15) is 8.96 Å². The van der Waals surface area contributed by atoms with Crippen LogP contribution in [0.15, 0.2) is 30.6 Å². The second-order valence-corrected chi connectivity index (χ2v) is 2.36. The minimum absolute atomic E-state index is 0.786. The van der Waals surface area contributed by atoms with E-state index < -0.39 is 18.5 Å². The fourth-order valence-corrected chi connectivity index (χ4v) is 0.814. The maximum absolute atomic E-state index is 12.9. The number of hydrogen-bond donors (Lipinski definition) is 0. The van der Waals surface area contributed by atoms with E-state index in [1.54, 1.807) is 6.07 Å². The highest BCUT2D eigenvalue weighted by Crippen LogP contribution is 2.06. The van der Waals surface area contributed by atoms with E-state index in [9.17, 15) is 18.0 Å².